The van der Waals surface area contributed by atoms with E-state index in [-0.39, 0.29) is 36.3 Å². The highest BCUT2D eigenvalue weighted by molar-refractivity contribution is 7.89. The summed E-state index contributed by atoms with van der Waals surface area (Å²) in [6.07, 6.45) is 0. The smallest absolute Gasteiger partial charge is 0.248 e. The van der Waals surface area contributed by atoms with Crippen molar-refractivity contribution in [1.29, 1.82) is 0 Å². The van der Waals surface area contributed by atoms with Crippen LogP contribution in [0, 0.1) is 5.82 Å². The zero-order valence-electron chi connectivity index (χ0n) is 11.7. The topological polar surface area (TPSA) is 98.9 Å². The van der Waals surface area contributed by atoms with Crippen LogP contribution in [0.15, 0.2) is 23.1 Å². The van der Waals surface area contributed by atoms with Gasteiger partial charge in [-0.1, -0.05) is 0 Å². The summed E-state index contributed by atoms with van der Waals surface area (Å²) in [5.74, 6) is -1.19. The maximum atomic E-state index is 13.6. The Labute approximate surface area is 122 Å². The van der Waals surface area contributed by atoms with Gasteiger partial charge in [-0.05, 0) is 18.2 Å². The van der Waals surface area contributed by atoms with E-state index < -0.39 is 15.8 Å². The lowest BCUT2D eigenvalue weighted by molar-refractivity contribution is -0.134. The molecule has 0 bridgehead atoms. The summed E-state index contributed by atoms with van der Waals surface area (Å²) in [6, 6.07) is 3.10. The maximum Gasteiger partial charge on any atom is 0.248 e. The van der Waals surface area contributed by atoms with Crippen LogP contribution in [0.4, 0.5) is 4.39 Å². The lowest BCUT2D eigenvalue weighted by Gasteiger charge is -2.17. The van der Waals surface area contributed by atoms with Crippen LogP contribution in [-0.2, 0) is 19.6 Å². The van der Waals surface area contributed by atoms with Crippen molar-refractivity contribution in [2.75, 3.05) is 33.9 Å². The van der Waals surface area contributed by atoms with Gasteiger partial charge in [-0.25, -0.2) is 17.9 Å². The molecular weight excluding hydrogens is 303 g/mol. The second-order valence-corrected chi connectivity index (χ2v) is 5.80. The molecule has 0 aromatic heterocycles. The number of halogens is 1. The second kappa shape index (κ2) is 7.34. The highest BCUT2D eigenvalue weighted by Gasteiger charge is 2.13. The molecule has 1 aromatic rings. The third-order valence-electron chi connectivity index (χ3n) is 2.61. The van der Waals surface area contributed by atoms with Gasteiger partial charge in [-0.15, -0.1) is 0 Å². The number of sulfonamides is 1. The van der Waals surface area contributed by atoms with Crippen LogP contribution in [0.5, 0.6) is 5.75 Å². The van der Waals surface area contributed by atoms with Crippen molar-refractivity contribution < 1.29 is 27.1 Å². The standard InChI is InChI=1S/C12H17FN2O5S/c1-15(12(16)8-19-2)5-6-20-11-4-3-9(7-10(11)13)21(14,17)18/h3-4,7H,5-6,8H2,1-2H3,(H2,14,17,18). The summed E-state index contributed by atoms with van der Waals surface area (Å²) in [7, 11) is -0.988. The average Bonchev–Trinajstić information content (AvgIpc) is 2.39. The largest absolute Gasteiger partial charge is 0.489 e. The molecule has 0 atom stereocenters. The Morgan fingerprint density at radius 2 is 2.10 bits per heavy atom. The van der Waals surface area contributed by atoms with Crippen LogP contribution >= 0.6 is 0 Å². The first kappa shape index (κ1) is 17.3. The molecule has 118 valence electrons. The predicted molar refractivity (Wildman–Crippen MR) is 72.8 cm³/mol. The molecule has 0 heterocycles. The van der Waals surface area contributed by atoms with Gasteiger partial charge in [-0.2, -0.15) is 0 Å². The number of hydrogen-bond acceptors (Lipinski definition) is 5. The second-order valence-electron chi connectivity index (χ2n) is 4.23. The van der Waals surface area contributed by atoms with E-state index in [9.17, 15) is 17.6 Å². The lowest BCUT2D eigenvalue weighted by Crippen LogP contribution is -2.33. The van der Waals surface area contributed by atoms with E-state index >= 15 is 0 Å². The highest BCUT2D eigenvalue weighted by atomic mass is 32.2. The molecule has 9 heteroatoms. The van der Waals surface area contributed by atoms with Gasteiger partial charge in [0.05, 0.1) is 11.4 Å². The number of hydrogen-bond donors (Lipinski definition) is 1. The van der Waals surface area contributed by atoms with Crippen molar-refractivity contribution in [2.24, 2.45) is 5.14 Å². The Bertz CT molecular complexity index is 606. The van der Waals surface area contributed by atoms with E-state index in [2.05, 4.69) is 0 Å². The van der Waals surface area contributed by atoms with Gasteiger partial charge in [0, 0.05) is 14.2 Å². The van der Waals surface area contributed by atoms with E-state index in [0.717, 1.165) is 12.1 Å². The maximum absolute atomic E-state index is 13.6. The third kappa shape index (κ3) is 5.29. The van der Waals surface area contributed by atoms with Gasteiger partial charge in [0.2, 0.25) is 15.9 Å². The number of nitrogens with zero attached hydrogens (tertiary/aromatic N) is 1. The van der Waals surface area contributed by atoms with E-state index in [1.54, 1.807) is 7.05 Å². The molecular formula is C12H17FN2O5S. The van der Waals surface area contributed by atoms with Crippen LogP contribution in [0.2, 0.25) is 0 Å². The van der Waals surface area contributed by atoms with E-state index in [0.29, 0.717) is 0 Å². The number of rotatable bonds is 7. The Kier molecular flexibility index (Phi) is 6.06. The van der Waals surface area contributed by atoms with Gasteiger partial charge >= 0.3 is 0 Å². The SMILES string of the molecule is COCC(=O)N(C)CCOc1ccc(S(N)(=O)=O)cc1F. The molecule has 1 aromatic carbocycles. The van der Waals surface area contributed by atoms with Crippen molar-refractivity contribution in [3.05, 3.63) is 24.0 Å². The summed E-state index contributed by atoms with van der Waals surface area (Å²) in [5.41, 5.74) is 0. The molecule has 2 N–H and O–H groups in total. The number of nitrogens with two attached hydrogens (primary N) is 1. The Morgan fingerprint density at radius 3 is 2.62 bits per heavy atom. The zero-order chi connectivity index (χ0) is 16.0. The van der Waals surface area contributed by atoms with Gasteiger partial charge in [-0.3, -0.25) is 4.79 Å². The molecule has 1 amide bonds. The predicted octanol–water partition coefficient (Wildman–Crippen LogP) is -0.0433. The summed E-state index contributed by atoms with van der Waals surface area (Å²) < 4.78 is 45.6. The van der Waals surface area contributed by atoms with Gasteiger partial charge in [0.1, 0.15) is 13.2 Å². The minimum Gasteiger partial charge on any atom is -0.489 e. The Hall–Kier alpha value is -1.71. The minimum atomic E-state index is -3.96. The molecule has 0 spiro atoms. The minimum absolute atomic E-state index is 0.0477. The molecule has 7 nitrogen and oxygen atoms in total. The van der Waals surface area contributed by atoms with Crippen LogP contribution in [-0.4, -0.2) is 53.1 Å². The molecule has 0 aliphatic heterocycles. The first-order valence-electron chi connectivity index (χ1n) is 5.93. The molecule has 0 saturated carbocycles. The molecule has 0 radical (unpaired) electrons. The number of benzene rings is 1. The van der Waals surface area contributed by atoms with E-state index in [1.807, 2.05) is 0 Å². The van der Waals surface area contributed by atoms with Gasteiger partial charge in [0.25, 0.3) is 0 Å². The fraction of sp³-hybridized carbons (Fsp3) is 0.417. The number of likely N-dealkylation sites (N-methyl/N-ethyl adjacent to an activating group) is 1. The van der Waals surface area contributed by atoms with Crippen LogP contribution < -0.4 is 9.88 Å². The monoisotopic (exact) mass is 320 g/mol. The Morgan fingerprint density at radius 1 is 1.43 bits per heavy atom. The fourth-order valence-corrected chi connectivity index (χ4v) is 1.95. The number of methoxy groups -OCH3 is 1. The molecule has 0 saturated heterocycles. The third-order valence-corrected chi connectivity index (χ3v) is 3.52. The van der Waals surface area contributed by atoms with Crippen molar-refractivity contribution in [3.8, 4) is 5.75 Å². The average molecular weight is 320 g/mol. The zero-order valence-corrected chi connectivity index (χ0v) is 12.5. The van der Waals surface area contributed by atoms with Crippen molar-refractivity contribution in [2.45, 2.75) is 4.90 Å². The molecule has 0 aliphatic rings. The fourth-order valence-electron chi connectivity index (χ4n) is 1.43. The van der Waals surface area contributed by atoms with Crippen LogP contribution in [0.1, 0.15) is 0 Å². The molecule has 0 fully saturated rings. The quantitative estimate of drug-likeness (QED) is 0.760. The molecule has 0 unspecified atom stereocenters. The number of ether oxygens (including phenoxy) is 2. The summed E-state index contributed by atoms with van der Waals surface area (Å²) >= 11 is 0. The lowest BCUT2D eigenvalue weighted by atomic mass is 10.3. The van der Waals surface area contributed by atoms with Crippen molar-refractivity contribution in [3.63, 3.8) is 0 Å². The van der Waals surface area contributed by atoms with Crippen molar-refractivity contribution >= 4 is 15.9 Å². The number of carbonyl (C=O) groups is 1. The summed E-state index contributed by atoms with van der Waals surface area (Å²) in [4.78, 5) is 12.4. The van der Waals surface area contributed by atoms with E-state index in [4.69, 9.17) is 14.6 Å². The van der Waals surface area contributed by atoms with Crippen LogP contribution in [0.3, 0.4) is 0 Å². The number of amides is 1. The highest BCUT2D eigenvalue weighted by Crippen LogP contribution is 2.20. The number of carbonyl (C=O) groups excluding carboxylic acids is 1. The van der Waals surface area contributed by atoms with Crippen LogP contribution in [0.25, 0.3) is 0 Å². The van der Waals surface area contributed by atoms with Crippen molar-refractivity contribution in [1.82, 2.24) is 4.90 Å². The first-order valence-corrected chi connectivity index (χ1v) is 7.48. The van der Waals surface area contributed by atoms with Gasteiger partial charge < -0.3 is 14.4 Å². The summed E-state index contributed by atoms with van der Waals surface area (Å²) in [5, 5.41) is 4.89. The molecule has 21 heavy (non-hydrogen) atoms. The molecule has 0 aliphatic carbocycles. The summed E-state index contributed by atoms with van der Waals surface area (Å²) in [6.45, 7) is 0.240. The molecule has 1 rings (SSSR count). The normalized spacial score (nSPS) is 11.2. The number of primary sulfonamides is 1. The van der Waals surface area contributed by atoms with Gasteiger partial charge in [0.15, 0.2) is 11.6 Å². The first-order chi connectivity index (χ1) is 9.75. The Balaban J connectivity index is 2.59. The van der Waals surface area contributed by atoms with E-state index in [1.165, 1.54) is 18.1 Å².